The number of fused-ring (bicyclic) bond motifs is 2. The fraction of sp³-hybridized carbons (Fsp3) is 0.150. The van der Waals surface area contributed by atoms with Gasteiger partial charge in [0.2, 0.25) is 0 Å². The molecule has 0 amide bonds. The molecule has 0 N–H and O–H groups in total. The molecule has 4 aromatic rings. The first-order valence-corrected chi connectivity index (χ1v) is 7.58. The largest absolute Gasteiger partial charge is 0.456 e. The lowest BCUT2D eigenvalue weighted by molar-refractivity contribution is 0.641. The zero-order chi connectivity index (χ0) is 14.9. The fourth-order valence-electron chi connectivity index (χ4n) is 3.85. The summed E-state index contributed by atoms with van der Waals surface area (Å²) in [7, 11) is 0. The van der Waals surface area contributed by atoms with Gasteiger partial charge in [0.1, 0.15) is 11.2 Å². The van der Waals surface area contributed by atoms with E-state index in [4.69, 9.17) is 9.40 Å². The highest BCUT2D eigenvalue weighted by atomic mass is 16.3. The molecular weight excluding hydrogens is 270 g/mol. The van der Waals surface area contributed by atoms with Gasteiger partial charge in [-0.1, -0.05) is 44.2 Å². The van der Waals surface area contributed by atoms with Crippen LogP contribution in [0.5, 0.6) is 0 Å². The second-order valence-corrected chi connectivity index (χ2v) is 6.48. The third kappa shape index (κ3) is 1.28. The lowest BCUT2D eigenvalue weighted by atomic mass is 9.77. The Balaban J connectivity index is 2.15. The van der Waals surface area contributed by atoms with Crippen molar-refractivity contribution < 1.29 is 4.42 Å². The van der Waals surface area contributed by atoms with Crippen molar-refractivity contribution in [3.8, 4) is 11.3 Å². The quantitative estimate of drug-likeness (QED) is 0.439. The van der Waals surface area contributed by atoms with Crippen LogP contribution in [0.3, 0.4) is 0 Å². The van der Waals surface area contributed by atoms with E-state index in [-0.39, 0.29) is 5.41 Å². The highest BCUT2D eigenvalue weighted by Gasteiger charge is 2.33. The molecule has 0 radical (unpaired) electrons. The number of hydrogen-bond acceptors (Lipinski definition) is 2. The number of pyridine rings is 1. The monoisotopic (exact) mass is 285 g/mol. The summed E-state index contributed by atoms with van der Waals surface area (Å²) in [5.74, 6) is 0. The van der Waals surface area contributed by atoms with Crippen molar-refractivity contribution in [3.63, 3.8) is 0 Å². The van der Waals surface area contributed by atoms with Gasteiger partial charge in [0.05, 0.1) is 5.69 Å². The molecule has 2 aromatic heterocycles. The lowest BCUT2D eigenvalue weighted by Crippen LogP contribution is -2.19. The molecule has 2 heterocycles. The zero-order valence-corrected chi connectivity index (χ0v) is 12.6. The van der Waals surface area contributed by atoms with Gasteiger partial charge in [-0.3, -0.25) is 4.98 Å². The summed E-state index contributed by atoms with van der Waals surface area (Å²) in [6, 6.07) is 16.8. The van der Waals surface area contributed by atoms with Crippen LogP contribution in [-0.4, -0.2) is 4.98 Å². The molecule has 0 bridgehead atoms. The van der Waals surface area contributed by atoms with Gasteiger partial charge in [-0.05, 0) is 29.3 Å². The van der Waals surface area contributed by atoms with Crippen LogP contribution in [0.4, 0.5) is 0 Å². The maximum Gasteiger partial charge on any atom is 0.136 e. The van der Waals surface area contributed by atoms with E-state index in [1.54, 1.807) is 0 Å². The molecule has 2 aromatic carbocycles. The molecular formula is C20H15NO. The van der Waals surface area contributed by atoms with E-state index in [2.05, 4.69) is 50.2 Å². The topological polar surface area (TPSA) is 26.0 Å². The van der Waals surface area contributed by atoms with E-state index in [1.165, 1.54) is 27.5 Å². The Hall–Kier alpha value is -2.61. The Labute approximate surface area is 128 Å². The van der Waals surface area contributed by atoms with Crippen LogP contribution in [0.15, 0.2) is 59.1 Å². The number of furan rings is 1. The fourth-order valence-corrected chi connectivity index (χ4v) is 3.85. The number of rotatable bonds is 0. The average molecular weight is 285 g/mol. The van der Waals surface area contributed by atoms with E-state index in [1.807, 2.05) is 18.3 Å². The number of aromatic nitrogens is 1. The van der Waals surface area contributed by atoms with Crippen LogP contribution >= 0.6 is 0 Å². The summed E-state index contributed by atoms with van der Waals surface area (Å²) in [6.07, 6.45) is 1.88. The van der Waals surface area contributed by atoms with Crippen LogP contribution < -0.4 is 0 Å². The highest BCUT2D eigenvalue weighted by Crippen LogP contribution is 2.48. The Morgan fingerprint density at radius 1 is 0.818 bits per heavy atom. The van der Waals surface area contributed by atoms with E-state index < -0.39 is 0 Å². The van der Waals surface area contributed by atoms with Gasteiger partial charge in [0.25, 0.3) is 0 Å². The van der Waals surface area contributed by atoms with Crippen molar-refractivity contribution in [2.75, 3.05) is 0 Å². The molecule has 0 spiro atoms. The van der Waals surface area contributed by atoms with Crippen LogP contribution in [0.1, 0.15) is 25.0 Å². The first-order chi connectivity index (χ1) is 10.7. The van der Waals surface area contributed by atoms with Crippen LogP contribution in [0.2, 0.25) is 0 Å². The third-order valence-corrected chi connectivity index (χ3v) is 4.93. The number of hydrogen-bond donors (Lipinski definition) is 0. The third-order valence-electron chi connectivity index (χ3n) is 4.93. The van der Waals surface area contributed by atoms with Crippen LogP contribution in [-0.2, 0) is 5.41 Å². The predicted octanol–water partition coefficient (Wildman–Crippen LogP) is 5.29. The molecule has 0 saturated carbocycles. The van der Waals surface area contributed by atoms with Crippen molar-refractivity contribution in [2.45, 2.75) is 19.3 Å². The van der Waals surface area contributed by atoms with Crippen molar-refractivity contribution >= 4 is 21.9 Å². The minimum absolute atomic E-state index is 0.112. The molecule has 22 heavy (non-hydrogen) atoms. The van der Waals surface area contributed by atoms with Gasteiger partial charge in [0, 0.05) is 27.9 Å². The molecule has 2 nitrogen and oxygen atoms in total. The second-order valence-electron chi connectivity index (χ2n) is 6.48. The van der Waals surface area contributed by atoms with Crippen LogP contribution in [0, 0.1) is 0 Å². The number of benzene rings is 2. The Bertz CT molecular complexity index is 1060. The van der Waals surface area contributed by atoms with Crippen molar-refractivity contribution in [2.24, 2.45) is 0 Å². The summed E-state index contributed by atoms with van der Waals surface area (Å²) in [6.45, 7) is 4.54. The van der Waals surface area contributed by atoms with E-state index in [9.17, 15) is 0 Å². The van der Waals surface area contributed by atoms with Crippen LogP contribution in [0.25, 0.3) is 33.2 Å². The first-order valence-electron chi connectivity index (χ1n) is 7.58. The van der Waals surface area contributed by atoms with Gasteiger partial charge in [-0.2, -0.15) is 0 Å². The summed E-state index contributed by atoms with van der Waals surface area (Å²) >= 11 is 0. The van der Waals surface area contributed by atoms with Crippen molar-refractivity contribution in [1.82, 2.24) is 4.98 Å². The molecule has 1 aliphatic carbocycles. The minimum Gasteiger partial charge on any atom is -0.456 e. The lowest BCUT2D eigenvalue weighted by Gasteiger charge is -2.27. The molecule has 5 rings (SSSR count). The van der Waals surface area contributed by atoms with E-state index in [0.29, 0.717) is 0 Å². The molecule has 0 saturated heterocycles. The highest BCUT2D eigenvalue weighted by molar-refractivity contribution is 6.15. The Morgan fingerprint density at radius 2 is 1.55 bits per heavy atom. The summed E-state index contributed by atoms with van der Waals surface area (Å²) in [4.78, 5) is 4.71. The molecule has 106 valence electrons. The minimum atomic E-state index is -0.112. The van der Waals surface area contributed by atoms with Gasteiger partial charge in [-0.15, -0.1) is 0 Å². The van der Waals surface area contributed by atoms with E-state index >= 15 is 0 Å². The van der Waals surface area contributed by atoms with Gasteiger partial charge in [0.15, 0.2) is 0 Å². The van der Waals surface area contributed by atoms with Gasteiger partial charge < -0.3 is 4.42 Å². The zero-order valence-electron chi connectivity index (χ0n) is 12.6. The maximum atomic E-state index is 6.09. The summed E-state index contributed by atoms with van der Waals surface area (Å²) in [5, 5.41) is 2.43. The van der Waals surface area contributed by atoms with Crippen molar-refractivity contribution in [3.05, 3.63) is 65.9 Å². The Morgan fingerprint density at radius 3 is 2.41 bits per heavy atom. The maximum absolute atomic E-state index is 6.09. The number of nitrogens with zero attached hydrogens (tertiary/aromatic N) is 1. The summed E-state index contributed by atoms with van der Waals surface area (Å²) in [5.41, 5.74) is 6.60. The molecule has 0 atom stereocenters. The molecule has 2 heteroatoms. The first kappa shape index (κ1) is 12.0. The normalized spacial score (nSPS) is 15.2. The van der Waals surface area contributed by atoms with Gasteiger partial charge in [-0.25, -0.2) is 0 Å². The summed E-state index contributed by atoms with van der Waals surface area (Å²) < 4.78 is 6.09. The standard InChI is InChI=1S/C20H15NO/c1-20(2)13-7-4-10-16-18(13)17-12(6-3-9-15(17)22-16)19-14(20)8-5-11-21-19/h3-11H,1-2H3. The molecule has 0 unspecified atom stereocenters. The average Bonchev–Trinajstić information content (AvgIpc) is 2.89. The van der Waals surface area contributed by atoms with Gasteiger partial charge >= 0.3 is 0 Å². The Kier molecular flexibility index (Phi) is 2.06. The van der Waals surface area contributed by atoms with E-state index in [0.717, 1.165) is 16.9 Å². The van der Waals surface area contributed by atoms with Crippen molar-refractivity contribution in [1.29, 1.82) is 0 Å². The predicted molar refractivity (Wildman–Crippen MR) is 89.1 cm³/mol. The second kappa shape index (κ2) is 3.77. The molecule has 1 aliphatic rings. The molecule has 0 fully saturated rings. The SMILES string of the molecule is CC1(C)c2cccnc2-c2cccc3oc4cccc1c4c23. The smallest absolute Gasteiger partial charge is 0.136 e. The molecule has 0 aliphatic heterocycles.